The fourth-order valence-electron chi connectivity index (χ4n) is 6.48. The van der Waals surface area contributed by atoms with E-state index in [0.717, 1.165) is 60.7 Å². The number of fused-ring (bicyclic) bond motifs is 1. The maximum Gasteiger partial charge on any atom is 0.329 e. The molecule has 0 radical (unpaired) electrons. The van der Waals surface area contributed by atoms with Crippen LogP contribution in [0.15, 0.2) is 42.5 Å². The van der Waals surface area contributed by atoms with E-state index in [1.54, 1.807) is 21.1 Å². The molecule has 1 fully saturated rings. The maximum absolute atomic E-state index is 13.0. The van der Waals surface area contributed by atoms with Gasteiger partial charge in [0.15, 0.2) is 0 Å². The Morgan fingerprint density at radius 1 is 0.962 bits per heavy atom. The van der Waals surface area contributed by atoms with Crippen molar-refractivity contribution >= 4 is 17.6 Å². The summed E-state index contributed by atoms with van der Waals surface area (Å²) < 4.78 is 41.3. The molecule has 0 saturated carbocycles. The van der Waals surface area contributed by atoms with Gasteiger partial charge in [-0.3, -0.25) is 4.79 Å². The van der Waals surface area contributed by atoms with E-state index in [0.29, 0.717) is 46.1 Å². The Morgan fingerprint density at radius 2 is 1.67 bits per heavy atom. The fraction of sp³-hybridized carbons (Fsp3) is 0.641. The lowest BCUT2D eigenvalue weighted by atomic mass is 9.85. The Hall–Kier alpha value is -3.46. The van der Waals surface area contributed by atoms with E-state index in [-0.39, 0.29) is 37.2 Å². The van der Waals surface area contributed by atoms with Crippen LogP contribution in [0, 0.1) is 5.92 Å². The van der Waals surface area contributed by atoms with Crippen LogP contribution in [-0.4, -0.2) is 116 Å². The Balaban J connectivity index is 1.46. The van der Waals surface area contributed by atoms with Crippen molar-refractivity contribution < 1.29 is 42.7 Å². The number of rotatable bonds is 22. The molecule has 0 aromatic heterocycles. The third-order valence-electron chi connectivity index (χ3n) is 9.28. The topological polar surface area (TPSA) is 152 Å². The quantitative estimate of drug-likeness (QED) is 0.120. The Bertz CT molecular complexity index is 1360. The second kappa shape index (κ2) is 21.9. The van der Waals surface area contributed by atoms with E-state index in [1.165, 1.54) is 0 Å². The number of benzene rings is 2. The molecule has 2 aliphatic heterocycles. The highest BCUT2D eigenvalue weighted by atomic mass is 16.6. The first-order chi connectivity index (χ1) is 25.2. The van der Waals surface area contributed by atoms with Crippen LogP contribution in [0.3, 0.4) is 0 Å². The van der Waals surface area contributed by atoms with E-state index in [2.05, 4.69) is 39.8 Å². The van der Waals surface area contributed by atoms with Crippen LogP contribution in [0.25, 0.3) is 0 Å². The molecule has 0 unspecified atom stereocenters. The van der Waals surface area contributed by atoms with Crippen molar-refractivity contribution in [2.24, 2.45) is 11.7 Å². The van der Waals surface area contributed by atoms with E-state index in [9.17, 15) is 9.59 Å². The largest absolute Gasteiger partial charge is 0.494 e. The molecule has 52 heavy (non-hydrogen) atoms. The highest BCUT2D eigenvalue weighted by Crippen LogP contribution is 2.35. The highest BCUT2D eigenvalue weighted by molar-refractivity contribution is 5.85. The number of carbonyl (C=O) groups is 2. The maximum atomic E-state index is 13.0. The van der Waals surface area contributed by atoms with E-state index in [4.69, 9.17) is 38.9 Å². The van der Waals surface area contributed by atoms with Gasteiger partial charge in [-0.2, -0.15) is 0 Å². The molecular weight excluding hydrogens is 668 g/mol. The number of methoxy groups -OCH3 is 2. The standard InChI is InChI=1S/C39H60N4O9/c1-27(2)38(42-36(44)22-40)39(45)52-28(3)25-50-34-23-41-24-35(37(34)30-10-12-31(13-11-30)48-19-7-6-17-46-4)51-26-29-9-14-33-32(21-29)43(16-20-49-33)15-8-18-47-5/h9-14,21,27-28,34-35,37-38,41H,6-8,15-20,22-26,40H2,1-5H3,(H,42,44)/t28-,34-,35+,37+,38+/m1/s1. The summed E-state index contributed by atoms with van der Waals surface area (Å²) in [7, 11) is 3.43. The Morgan fingerprint density at radius 3 is 2.38 bits per heavy atom. The number of ether oxygens (including phenoxy) is 7. The van der Waals surface area contributed by atoms with Crippen molar-refractivity contribution in [2.75, 3.05) is 84.9 Å². The first-order valence-electron chi connectivity index (χ1n) is 18.6. The van der Waals surface area contributed by atoms with Crippen molar-refractivity contribution in [1.29, 1.82) is 0 Å². The molecule has 2 aliphatic rings. The lowest BCUT2D eigenvalue weighted by molar-refractivity contribution is -0.158. The first kappa shape index (κ1) is 41.3. The van der Waals surface area contributed by atoms with Crippen molar-refractivity contribution in [3.63, 3.8) is 0 Å². The number of hydrogen-bond acceptors (Lipinski definition) is 12. The highest BCUT2D eigenvalue weighted by Gasteiger charge is 2.37. The van der Waals surface area contributed by atoms with Gasteiger partial charge in [-0.25, -0.2) is 4.79 Å². The normalized spacial score (nSPS) is 19.8. The Labute approximate surface area is 309 Å². The summed E-state index contributed by atoms with van der Waals surface area (Å²) in [6.45, 7) is 11.5. The van der Waals surface area contributed by atoms with Crippen LogP contribution in [0.4, 0.5) is 5.69 Å². The molecule has 2 aromatic carbocycles. The molecule has 0 spiro atoms. The smallest absolute Gasteiger partial charge is 0.329 e. The van der Waals surface area contributed by atoms with Crippen molar-refractivity contribution in [3.8, 4) is 11.5 Å². The molecule has 2 heterocycles. The summed E-state index contributed by atoms with van der Waals surface area (Å²) >= 11 is 0. The zero-order valence-corrected chi connectivity index (χ0v) is 31.6. The molecule has 1 saturated heterocycles. The zero-order valence-electron chi connectivity index (χ0n) is 31.6. The monoisotopic (exact) mass is 728 g/mol. The minimum atomic E-state index is -0.798. The number of unbranched alkanes of at least 4 members (excludes halogenated alkanes) is 1. The van der Waals surface area contributed by atoms with Gasteiger partial charge in [-0.05, 0) is 67.5 Å². The van der Waals surface area contributed by atoms with E-state index >= 15 is 0 Å². The summed E-state index contributed by atoms with van der Waals surface area (Å²) in [5.74, 6) is 0.484. The van der Waals surface area contributed by atoms with Crippen molar-refractivity contribution in [3.05, 3.63) is 53.6 Å². The van der Waals surface area contributed by atoms with E-state index in [1.807, 2.05) is 32.0 Å². The number of esters is 1. The number of amides is 1. The molecule has 13 nitrogen and oxygen atoms in total. The zero-order chi connectivity index (χ0) is 37.3. The van der Waals surface area contributed by atoms with Crippen LogP contribution in [0.1, 0.15) is 57.1 Å². The van der Waals surface area contributed by atoms with Gasteiger partial charge in [0.1, 0.15) is 30.3 Å². The van der Waals surface area contributed by atoms with Gasteiger partial charge in [-0.1, -0.05) is 32.0 Å². The number of nitrogens with one attached hydrogen (secondary N) is 2. The fourth-order valence-corrected chi connectivity index (χ4v) is 6.48. The molecule has 1 amide bonds. The van der Waals surface area contributed by atoms with Crippen molar-refractivity contribution in [1.82, 2.24) is 10.6 Å². The van der Waals surface area contributed by atoms with E-state index < -0.39 is 24.0 Å². The Kier molecular flexibility index (Phi) is 17.4. The van der Waals surface area contributed by atoms with Gasteiger partial charge in [0.2, 0.25) is 5.91 Å². The SMILES string of the molecule is COCCCCOc1ccc([C@@H]2[C@@H](OCc3ccc4c(c3)N(CCCOC)CCO4)CNC[C@H]2OC[C@@H](C)OC(=O)[C@@H](NC(=O)CN)C(C)C)cc1. The van der Waals surface area contributed by atoms with Gasteiger partial charge >= 0.3 is 5.97 Å². The van der Waals surface area contributed by atoms with Gasteiger partial charge < -0.3 is 54.4 Å². The lowest BCUT2D eigenvalue weighted by Gasteiger charge is -2.39. The molecular formula is C39H60N4O9. The van der Waals surface area contributed by atoms with Gasteiger partial charge in [0.05, 0.1) is 50.8 Å². The third-order valence-corrected chi connectivity index (χ3v) is 9.28. The molecule has 4 N–H and O–H groups in total. The molecule has 4 rings (SSSR count). The van der Waals surface area contributed by atoms with Crippen LogP contribution >= 0.6 is 0 Å². The number of hydrogen-bond donors (Lipinski definition) is 3. The van der Waals surface area contributed by atoms with Crippen molar-refractivity contribution in [2.45, 2.75) is 76.9 Å². The number of carbonyl (C=O) groups excluding carboxylic acids is 2. The lowest BCUT2D eigenvalue weighted by Crippen LogP contribution is -2.51. The van der Waals surface area contributed by atoms with Gasteiger partial charge in [0, 0.05) is 53.0 Å². The molecule has 13 heteroatoms. The second-order valence-corrected chi connectivity index (χ2v) is 13.7. The molecule has 2 aromatic rings. The molecule has 5 atom stereocenters. The minimum Gasteiger partial charge on any atom is -0.494 e. The first-order valence-corrected chi connectivity index (χ1v) is 18.6. The predicted octanol–water partition coefficient (Wildman–Crippen LogP) is 3.42. The summed E-state index contributed by atoms with van der Waals surface area (Å²) in [4.78, 5) is 27.3. The molecule has 290 valence electrons. The van der Waals surface area contributed by atoms with Crippen LogP contribution in [0.5, 0.6) is 11.5 Å². The van der Waals surface area contributed by atoms with Gasteiger partial charge in [0.25, 0.3) is 0 Å². The summed E-state index contributed by atoms with van der Waals surface area (Å²) in [6, 6.07) is 13.6. The predicted molar refractivity (Wildman–Crippen MR) is 199 cm³/mol. The second-order valence-electron chi connectivity index (χ2n) is 13.7. The van der Waals surface area contributed by atoms with Crippen LogP contribution in [0.2, 0.25) is 0 Å². The minimum absolute atomic E-state index is 0.112. The summed E-state index contributed by atoms with van der Waals surface area (Å²) in [5.41, 5.74) is 8.66. The number of piperidine rings is 1. The molecule has 0 aliphatic carbocycles. The number of anilines is 1. The average molecular weight is 729 g/mol. The molecule has 0 bridgehead atoms. The summed E-state index contributed by atoms with van der Waals surface area (Å²) in [5, 5.41) is 6.16. The average Bonchev–Trinajstić information content (AvgIpc) is 3.15. The summed E-state index contributed by atoms with van der Waals surface area (Å²) in [6.07, 6.45) is 1.76. The van der Waals surface area contributed by atoms with Crippen LogP contribution < -0.4 is 30.7 Å². The van der Waals surface area contributed by atoms with Crippen LogP contribution in [-0.2, 0) is 39.9 Å². The van der Waals surface area contributed by atoms with Gasteiger partial charge in [-0.15, -0.1) is 0 Å². The number of nitrogens with two attached hydrogens (primary N) is 1. The third kappa shape index (κ3) is 12.6. The number of nitrogens with zero attached hydrogens (tertiary/aromatic N) is 1.